The third-order valence-electron chi connectivity index (χ3n) is 3.38. The molecule has 1 aliphatic heterocycles. The molecule has 1 fully saturated rings. The van der Waals surface area contributed by atoms with Gasteiger partial charge in [-0.1, -0.05) is 11.6 Å². The van der Waals surface area contributed by atoms with Crippen molar-refractivity contribution in [3.05, 3.63) is 17.3 Å². The third kappa shape index (κ3) is 3.12. The zero-order chi connectivity index (χ0) is 15.6. The van der Waals surface area contributed by atoms with Gasteiger partial charge in [0.15, 0.2) is 5.82 Å². The number of nitrogen functional groups attached to an aromatic ring is 1. The number of anilines is 1. The molecule has 2 rings (SSSR count). The van der Waals surface area contributed by atoms with Crippen LogP contribution in [0.15, 0.2) is 17.2 Å². The Hall–Kier alpha value is -0.970. The van der Waals surface area contributed by atoms with Gasteiger partial charge in [0.25, 0.3) is 0 Å². The van der Waals surface area contributed by atoms with Gasteiger partial charge in [0.05, 0.1) is 17.2 Å². The van der Waals surface area contributed by atoms with E-state index in [0.717, 1.165) is 0 Å². The molecular formula is C11H17ClN4O4S. The minimum Gasteiger partial charge on any atom is -0.377 e. The summed E-state index contributed by atoms with van der Waals surface area (Å²) in [6, 6.07) is 1.31. The molecule has 1 saturated heterocycles. The zero-order valence-electron chi connectivity index (χ0n) is 11.6. The van der Waals surface area contributed by atoms with Crippen LogP contribution in [0.1, 0.15) is 0 Å². The van der Waals surface area contributed by atoms with Gasteiger partial charge in [0.1, 0.15) is 4.90 Å². The monoisotopic (exact) mass is 336 g/mol. The molecule has 0 bridgehead atoms. The Morgan fingerprint density at radius 1 is 1.38 bits per heavy atom. The lowest BCUT2D eigenvalue weighted by Crippen LogP contribution is -2.30. The van der Waals surface area contributed by atoms with Gasteiger partial charge >= 0.3 is 0 Å². The second kappa shape index (κ2) is 6.42. The lowest BCUT2D eigenvalue weighted by Gasteiger charge is -2.16. The van der Waals surface area contributed by atoms with Gasteiger partial charge in [-0.25, -0.2) is 19.2 Å². The first kappa shape index (κ1) is 16.4. The quantitative estimate of drug-likeness (QED) is 0.578. The number of rotatable bonds is 5. The number of nitrogens with one attached hydrogen (secondary N) is 1. The van der Waals surface area contributed by atoms with E-state index in [9.17, 15) is 8.42 Å². The zero-order valence-corrected chi connectivity index (χ0v) is 13.2. The van der Waals surface area contributed by atoms with Gasteiger partial charge < -0.3 is 14.9 Å². The Morgan fingerprint density at radius 2 is 1.95 bits per heavy atom. The molecule has 1 aliphatic rings. The largest absolute Gasteiger partial charge is 0.377 e. The molecule has 118 valence electrons. The van der Waals surface area contributed by atoms with Crippen molar-refractivity contribution in [2.45, 2.75) is 17.1 Å². The van der Waals surface area contributed by atoms with Crippen molar-refractivity contribution in [2.75, 3.05) is 32.7 Å². The van der Waals surface area contributed by atoms with E-state index in [1.807, 2.05) is 0 Å². The molecule has 2 unspecified atom stereocenters. The maximum absolute atomic E-state index is 12.6. The molecule has 10 heteroatoms. The summed E-state index contributed by atoms with van der Waals surface area (Å²) in [6.45, 7) is 0.428. The molecule has 0 amide bonds. The van der Waals surface area contributed by atoms with Gasteiger partial charge in [-0.05, 0) is 6.07 Å². The molecule has 1 aromatic rings. The maximum atomic E-state index is 12.6. The van der Waals surface area contributed by atoms with Gasteiger partial charge in [-0.15, -0.1) is 0 Å². The first-order valence-electron chi connectivity index (χ1n) is 6.12. The van der Waals surface area contributed by atoms with E-state index in [1.54, 1.807) is 0 Å². The Labute approximate surface area is 128 Å². The van der Waals surface area contributed by atoms with E-state index in [0.29, 0.717) is 0 Å². The van der Waals surface area contributed by atoms with Gasteiger partial charge in [0, 0.05) is 33.5 Å². The third-order valence-corrected chi connectivity index (χ3v) is 5.46. The van der Waals surface area contributed by atoms with Crippen LogP contribution in [0.2, 0.25) is 5.02 Å². The number of methoxy groups -OCH3 is 2. The number of aromatic nitrogens is 1. The summed E-state index contributed by atoms with van der Waals surface area (Å²) in [5.74, 6) is 5.42. The second-order valence-corrected chi connectivity index (χ2v) is 6.86. The number of hydrogen-bond donors (Lipinski definition) is 2. The van der Waals surface area contributed by atoms with Crippen LogP contribution >= 0.6 is 11.6 Å². The molecule has 8 nitrogen and oxygen atoms in total. The van der Waals surface area contributed by atoms with Crippen molar-refractivity contribution in [3.8, 4) is 0 Å². The highest BCUT2D eigenvalue weighted by molar-refractivity contribution is 7.89. The first-order valence-corrected chi connectivity index (χ1v) is 7.93. The van der Waals surface area contributed by atoms with Crippen molar-refractivity contribution < 1.29 is 17.9 Å². The Bertz CT molecular complexity index is 600. The van der Waals surface area contributed by atoms with E-state index in [1.165, 1.54) is 30.8 Å². The molecule has 0 spiro atoms. The summed E-state index contributed by atoms with van der Waals surface area (Å²) in [6.07, 6.45) is 0.592. The molecule has 2 atom stereocenters. The molecule has 0 aromatic carbocycles. The standard InChI is InChI=1S/C11H17ClN4O4S/c1-19-9-5-16(6-10(9)20-2)21(17,18)7-3-8(12)11(15-13)14-4-7/h3-4,9-10H,5-6,13H2,1-2H3,(H,14,15). The molecular weight excluding hydrogens is 320 g/mol. The molecule has 0 aliphatic carbocycles. The van der Waals surface area contributed by atoms with E-state index < -0.39 is 10.0 Å². The summed E-state index contributed by atoms with van der Waals surface area (Å²) in [5, 5.41) is 0.129. The number of nitrogens with two attached hydrogens (primary N) is 1. The summed E-state index contributed by atoms with van der Waals surface area (Å²) in [5.41, 5.74) is 2.28. The molecule has 0 radical (unpaired) electrons. The van der Waals surface area contributed by atoms with Crippen molar-refractivity contribution in [3.63, 3.8) is 0 Å². The van der Waals surface area contributed by atoms with Gasteiger partial charge in [-0.2, -0.15) is 4.31 Å². The number of sulfonamides is 1. The fraction of sp³-hybridized carbons (Fsp3) is 0.545. The van der Waals surface area contributed by atoms with Crippen molar-refractivity contribution >= 4 is 27.4 Å². The number of pyridine rings is 1. The highest BCUT2D eigenvalue weighted by Gasteiger charge is 2.40. The van der Waals surface area contributed by atoms with Crippen LogP contribution in [0.4, 0.5) is 5.82 Å². The number of hydrogen-bond acceptors (Lipinski definition) is 7. The number of nitrogens with zero attached hydrogens (tertiary/aromatic N) is 2. The Balaban J connectivity index is 2.28. The Morgan fingerprint density at radius 3 is 2.38 bits per heavy atom. The predicted octanol–water partition coefficient (Wildman–Crippen LogP) is 0.0549. The number of hydrazine groups is 1. The predicted molar refractivity (Wildman–Crippen MR) is 77.4 cm³/mol. The highest BCUT2D eigenvalue weighted by Crippen LogP contribution is 2.27. The van der Waals surface area contributed by atoms with Crippen molar-refractivity contribution in [1.29, 1.82) is 0 Å². The second-order valence-electron chi connectivity index (χ2n) is 4.52. The summed E-state index contributed by atoms with van der Waals surface area (Å²) >= 11 is 5.92. The molecule has 0 saturated carbocycles. The molecule has 1 aromatic heterocycles. The SMILES string of the molecule is COC1CN(S(=O)(=O)c2cnc(NN)c(Cl)c2)CC1OC. The first-order chi connectivity index (χ1) is 9.93. The van der Waals surface area contributed by atoms with Crippen LogP contribution in [-0.4, -0.2) is 57.2 Å². The van der Waals surface area contributed by atoms with E-state index >= 15 is 0 Å². The van der Waals surface area contributed by atoms with Crippen LogP contribution in [0, 0.1) is 0 Å². The topological polar surface area (TPSA) is 107 Å². The van der Waals surface area contributed by atoms with Crippen LogP contribution < -0.4 is 11.3 Å². The minimum absolute atomic E-state index is 0.00175. The molecule has 2 heterocycles. The average Bonchev–Trinajstić information content (AvgIpc) is 2.91. The normalized spacial score (nSPS) is 23.4. The van der Waals surface area contributed by atoms with Crippen LogP contribution in [0.25, 0.3) is 0 Å². The highest BCUT2D eigenvalue weighted by atomic mass is 35.5. The van der Waals surface area contributed by atoms with Crippen molar-refractivity contribution in [2.24, 2.45) is 5.84 Å². The van der Waals surface area contributed by atoms with E-state index in [-0.39, 0.29) is 41.0 Å². The summed E-state index contributed by atoms with van der Waals surface area (Å²) in [4.78, 5) is 3.87. The average molecular weight is 337 g/mol. The smallest absolute Gasteiger partial charge is 0.244 e. The van der Waals surface area contributed by atoms with Crippen molar-refractivity contribution in [1.82, 2.24) is 9.29 Å². The lowest BCUT2D eigenvalue weighted by atomic mass is 10.3. The van der Waals surface area contributed by atoms with Crippen LogP contribution in [-0.2, 0) is 19.5 Å². The lowest BCUT2D eigenvalue weighted by molar-refractivity contribution is -0.00461. The number of ether oxygens (including phenoxy) is 2. The molecule has 21 heavy (non-hydrogen) atoms. The molecule has 3 N–H and O–H groups in total. The summed E-state index contributed by atoms with van der Waals surface area (Å²) < 4.78 is 36.9. The fourth-order valence-electron chi connectivity index (χ4n) is 2.18. The van der Waals surface area contributed by atoms with E-state index in [4.69, 9.17) is 26.9 Å². The van der Waals surface area contributed by atoms with Crippen LogP contribution in [0.5, 0.6) is 0 Å². The maximum Gasteiger partial charge on any atom is 0.244 e. The van der Waals surface area contributed by atoms with Gasteiger partial charge in [0.2, 0.25) is 10.0 Å². The van der Waals surface area contributed by atoms with E-state index in [2.05, 4.69) is 10.4 Å². The fourth-order valence-corrected chi connectivity index (χ4v) is 3.90. The minimum atomic E-state index is -3.71. The summed E-state index contributed by atoms with van der Waals surface area (Å²) in [7, 11) is -0.673. The Kier molecular flexibility index (Phi) is 5.02. The van der Waals surface area contributed by atoms with Gasteiger partial charge in [-0.3, -0.25) is 0 Å². The number of halogens is 1. The van der Waals surface area contributed by atoms with Crippen LogP contribution in [0.3, 0.4) is 0 Å².